The summed E-state index contributed by atoms with van der Waals surface area (Å²) in [6.07, 6.45) is 6.52. The monoisotopic (exact) mass is 256 g/mol. The zero-order valence-corrected chi connectivity index (χ0v) is 9.69. The zero-order valence-electron chi connectivity index (χ0n) is 8.10. The lowest BCUT2D eigenvalue weighted by atomic mass is 9.84. The maximum Gasteiger partial charge on any atom is 0.137 e. The maximum atomic E-state index is 13.0. The average Bonchev–Trinajstić information content (AvgIpc) is 2.23. The van der Waals surface area contributed by atoms with E-state index in [0.29, 0.717) is 10.4 Å². The van der Waals surface area contributed by atoms with E-state index in [0.717, 1.165) is 0 Å². The van der Waals surface area contributed by atoms with Gasteiger partial charge in [-0.2, -0.15) is 0 Å². The summed E-state index contributed by atoms with van der Waals surface area (Å²) in [5, 5.41) is 0. The van der Waals surface area contributed by atoms with Gasteiger partial charge in [0.1, 0.15) is 5.82 Å². The summed E-state index contributed by atoms with van der Waals surface area (Å²) in [5.74, 6) is 0.491. The second kappa shape index (κ2) is 4.43. The lowest BCUT2D eigenvalue weighted by Gasteiger charge is -2.22. The molecule has 0 spiro atoms. The Morgan fingerprint density at radius 1 is 1.14 bits per heavy atom. The van der Waals surface area contributed by atoms with Crippen molar-refractivity contribution in [2.75, 3.05) is 0 Å². The fraction of sp³-hybridized carbons (Fsp3) is 0.500. The van der Waals surface area contributed by atoms with Gasteiger partial charge in [0, 0.05) is 0 Å². The van der Waals surface area contributed by atoms with E-state index < -0.39 is 0 Å². The Morgan fingerprint density at radius 3 is 2.50 bits per heavy atom. The van der Waals surface area contributed by atoms with Crippen molar-refractivity contribution in [3.63, 3.8) is 0 Å². The Kier molecular flexibility index (Phi) is 3.22. The third kappa shape index (κ3) is 2.17. The summed E-state index contributed by atoms with van der Waals surface area (Å²) in [5.41, 5.74) is 1.29. The molecule has 76 valence electrons. The molecule has 0 saturated heterocycles. The van der Waals surface area contributed by atoms with Gasteiger partial charge in [0.25, 0.3) is 0 Å². The molecule has 1 aliphatic carbocycles. The molecular weight excluding hydrogens is 243 g/mol. The van der Waals surface area contributed by atoms with Crippen LogP contribution in [0.15, 0.2) is 22.7 Å². The van der Waals surface area contributed by atoms with E-state index >= 15 is 0 Å². The molecule has 1 aliphatic rings. The number of halogens is 2. The Hall–Kier alpha value is -0.370. The SMILES string of the molecule is Fc1ccc(C2CCCCC2)cc1Br. The minimum absolute atomic E-state index is 0.162. The minimum atomic E-state index is -0.162. The van der Waals surface area contributed by atoms with Gasteiger partial charge in [-0.15, -0.1) is 0 Å². The van der Waals surface area contributed by atoms with E-state index in [1.54, 1.807) is 6.07 Å². The van der Waals surface area contributed by atoms with Gasteiger partial charge in [-0.25, -0.2) is 4.39 Å². The van der Waals surface area contributed by atoms with Crippen molar-refractivity contribution in [3.05, 3.63) is 34.1 Å². The van der Waals surface area contributed by atoms with E-state index in [4.69, 9.17) is 0 Å². The Balaban J connectivity index is 2.18. The number of hydrogen-bond donors (Lipinski definition) is 0. The summed E-state index contributed by atoms with van der Waals surface area (Å²) in [4.78, 5) is 0. The van der Waals surface area contributed by atoms with Crippen LogP contribution in [0.25, 0.3) is 0 Å². The van der Waals surface area contributed by atoms with Crippen LogP contribution in [0.1, 0.15) is 43.6 Å². The molecule has 0 unspecified atom stereocenters. The molecule has 1 aromatic rings. The maximum absolute atomic E-state index is 13.0. The summed E-state index contributed by atoms with van der Waals surface area (Å²) in [7, 11) is 0. The Morgan fingerprint density at radius 2 is 1.86 bits per heavy atom. The molecule has 0 heterocycles. The van der Waals surface area contributed by atoms with E-state index in [1.165, 1.54) is 37.7 Å². The molecule has 0 N–H and O–H groups in total. The quantitative estimate of drug-likeness (QED) is 0.687. The van der Waals surface area contributed by atoms with Crippen LogP contribution in [0, 0.1) is 5.82 Å². The molecule has 0 aromatic heterocycles. The number of benzene rings is 1. The first-order chi connectivity index (χ1) is 6.77. The number of hydrogen-bond acceptors (Lipinski definition) is 0. The van der Waals surface area contributed by atoms with Gasteiger partial charge in [-0.3, -0.25) is 0 Å². The van der Waals surface area contributed by atoms with E-state index in [1.807, 2.05) is 12.1 Å². The average molecular weight is 257 g/mol. The highest BCUT2D eigenvalue weighted by atomic mass is 79.9. The molecule has 0 nitrogen and oxygen atoms in total. The number of rotatable bonds is 1. The molecule has 2 rings (SSSR count). The van der Waals surface area contributed by atoms with Crippen LogP contribution in [0.4, 0.5) is 4.39 Å². The van der Waals surface area contributed by atoms with Crippen molar-refractivity contribution >= 4 is 15.9 Å². The van der Waals surface area contributed by atoms with E-state index in [2.05, 4.69) is 15.9 Å². The van der Waals surface area contributed by atoms with Gasteiger partial charge in [0.05, 0.1) is 4.47 Å². The van der Waals surface area contributed by atoms with Gasteiger partial charge in [-0.1, -0.05) is 25.3 Å². The minimum Gasteiger partial charge on any atom is -0.206 e. The highest BCUT2D eigenvalue weighted by Gasteiger charge is 2.16. The fourth-order valence-electron chi connectivity index (χ4n) is 2.20. The molecule has 0 radical (unpaired) electrons. The predicted molar refractivity (Wildman–Crippen MR) is 59.9 cm³/mol. The lowest BCUT2D eigenvalue weighted by molar-refractivity contribution is 0.443. The molecule has 0 amide bonds. The summed E-state index contributed by atoms with van der Waals surface area (Å²) in [6.45, 7) is 0. The zero-order chi connectivity index (χ0) is 9.97. The second-order valence-corrected chi connectivity index (χ2v) is 4.86. The highest BCUT2D eigenvalue weighted by molar-refractivity contribution is 9.10. The standard InChI is InChI=1S/C12H14BrF/c13-11-8-10(6-7-12(11)14)9-4-2-1-3-5-9/h6-9H,1-5H2. The molecule has 1 aromatic carbocycles. The first kappa shape index (κ1) is 10.2. The van der Waals surface area contributed by atoms with Crippen molar-refractivity contribution < 1.29 is 4.39 Å². The largest absolute Gasteiger partial charge is 0.206 e. The van der Waals surface area contributed by atoms with Crippen LogP contribution < -0.4 is 0 Å². The van der Waals surface area contributed by atoms with E-state index in [-0.39, 0.29) is 5.82 Å². The normalized spacial score (nSPS) is 18.4. The fourth-order valence-corrected chi connectivity index (χ4v) is 2.60. The van der Waals surface area contributed by atoms with Crippen molar-refractivity contribution in [2.45, 2.75) is 38.0 Å². The molecule has 0 bridgehead atoms. The van der Waals surface area contributed by atoms with Crippen LogP contribution in [-0.4, -0.2) is 0 Å². The van der Waals surface area contributed by atoms with Gasteiger partial charge in [0.15, 0.2) is 0 Å². The molecule has 0 atom stereocenters. The molecular formula is C12H14BrF. The van der Waals surface area contributed by atoms with Crippen LogP contribution in [-0.2, 0) is 0 Å². The molecule has 1 saturated carbocycles. The summed E-state index contributed by atoms with van der Waals surface area (Å²) in [6, 6.07) is 5.43. The summed E-state index contributed by atoms with van der Waals surface area (Å²) >= 11 is 3.24. The van der Waals surface area contributed by atoms with Gasteiger partial charge < -0.3 is 0 Å². The topological polar surface area (TPSA) is 0 Å². The van der Waals surface area contributed by atoms with Gasteiger partial charge in [0.2, 0.25) is 0 Å². The van der Waals surface area contributed by atoms with Crippen molar-refractivity contribution in [2.24, 2.45) is 0 Å². The molecule has 1 fully saturated rings. The van der Waals surface area contributed by atoms with Crippen LogP contribution in [0.2, 0.25) is 0 Å². The molecule has 14 heavy (non-hydrogen) atoms. The lowest BCUT2D eigenvalue weighted by Crippen LogP contribution is -2.04. The second-order valence-electron chi connectivity index (χ2n) is 4.01. The van der Waals surface area contributed by atoms with E-state index in [9.17, 15) is 4.39 Å². The Labute approximate surface area is 92.6 Å². The molecule has 0 aliphatic heterocycles. The van der Waals surface area contributed by atoms with Crippen molar-refractivity contribution in [3.8, 4) is 0 Å². The van der Waals surface area contributed by atoms with Crippen molar-refractivity contribution in [1.29, 1.82) is 0 Å². The Bertz CT molecular complexity index is 316. The summed E-state index contributed by atoms with van der Waals surface area (Å²) < 4.78 is 13.6. The first-order valence-electron chi connectivity index (χ1n) is 5.22. The van der Waals surface area contributed by atoms with Crippen LogP contribution in [0.3, 0.4) is 0 Å². The first-order valence-corrected chi connectivity index (χ1v) is 6.01. The predicted octanol–water partition coefficient (Wildman–Crippen LogP) is 4.64. The highest BCUT2D eigenvalue weighted by Crippen LogP contribution is 2.34. The third-order valence-corrected chi connectivity index (χ3v) is 3.63. The van der Waals surface area contributed by atoms with Crippen LogP contribution >= 0.6 is 15.9 Å². The van der Waals surface area contributed by atoms with Crippen LogP contribution in [0.5, 0.6) is 0 Å². The smallest absolute Gasteiger partial charge is 0.137 e. The van der Waals surface area contributed by atoms with Gasteiger partial charge >= 0.3 is 0 Å². The molecule has 2 heteroatoms. The van der Waals surface area contributed by atoms with Crippen molar-refractivity contribution in [1.82, 2.24) is 0 Å². The van der Waals surface area contributed by atoms with Gasteiger partial charge in [-0.05, 0) is 52.4 Å². The third-order valence-electron chi connectivity index (χ3n) is 3.02.